The Morgan fingerprint density at radius 1 is 1.00 bits per heavy atom. The minimum Gasteiger partial charge on any atom is -0.274 e. The maximum absolute atomic E-state index is 13.3. The summed E-state index contributed by atoms with van der Waals surface area (Å²) >= 11 is 0. The number of benzene rings is 1. The van der Waals surface area contributed by atoms with Crippen LogP contribution in [0.2, 0.25) is 0 Å². The van der Waals surface area contributed by atoms with Crippen LogP contribution in [0.1, 0.15) is 33.6 Å². The number of fused-ring (bicyclic) bond motifs is 1. The minimum absolute atomic E-state index is 0.00447. The van der Waals surface area contributed by atoms with Crippen molar-refractivity contribution >= 4 is 17.5 Å². The van der Waals surface area contributed by atoms with E-state index >= 15 is 0 Å². The van der Waals surface area contributed by atoms with Crippen LogP contribution in [0.4, 0.5) is 5.69 Å². The average Bonchev–Trinajstić information content (AvgIpc) is 2.83. The van der Waals surface area contributed by atoms with Gasteiger partial charge in [-0.2, -0.15) is 0 Å². The van der Waals surface area contributed by atoms with Gasteiger partial charge in [0.2, 0.25) is 11.8 Å². The molecule has 1 aliphatic heterocycles. The number of amides is 2. The summed E-state index contributed by atoms with van der Waals surface area (Å²) in [6.45, 7) is 6.50. The predicted molar refractivity (Wildman–Crippen MR) is 89.7 cm³/mol. The largest absolute Gasteiger partial charge is 0.274 e. The number of hydrogen-bond acceptors (Lipinski definition) is 2. The first-order chi connectivity index (χ1) is 10.9. The number of nitrogens with zero attached hydrogens (tertiary/aromatic N) is 1. The van der Waals surface area contributed by atoms with Crippen LogP contribution in [0.3, 0.4) is 0 Å². The first-order valence-corrected chi connectivity index (χ1v) is 8.54. The second-order valence-corrected chi connectivity index (χ2v) is 7.91. The minimum atomic E-state index is -0.212. The molecule has 1 saturated carbocycles. The summed E-state index contributed by atoms with van der Waals surface area (Å²) < 4.78 is 0. The fourth-order valence-corrected chi connectivity index (χ4v) is 5.06. The first kappa shape index (κ1) is 14.7. The van der Waals surface area contributed by atoms with E-state index in [2.05, 4.69) is 32.9 Å². The molecule has 1 saturated heterocycles. The van der Waals surface area contributed by atoms with E-state index in [0.717, 1.165) is 12.8 Å². The number of anilines is 1. The highest BCUT2D eigenvalue weighted by Crippen LogP contribution is 2.64. The van der Waals surface area contributed by atoms with Gasteiger partial charge in [-0.1, -0.05) is 51.1 Å². The molecule has 1 aromatic carbocycles. The molecule has 1 aromatic rings. The molecule has 0 aromatic heterocycles. The number of hydrogen-bond donors (Lipinski definition) is 0. The van der Waals surface area contributed by atoms with Gasteiger partial charge in [-0.25, -0.2) is 0 Å². The van der Waals surface area contributed by atoms with Gasteiger partial charge < -0.3 is 0 Å². The van der Waals surface area contributed by atoms with E-state index in [4.69, 9.17) is 0 Å². The molecule has 120 valence electrons. The van der Waals surface area contributed by atoms with E-state index < -0.39 is 0 Å². The first-order valence-electron chi connectivity index (χ1n) is 8.54. The third kappa shape index (κ3) is 1.71. The Kier molecular flexibility index (Phi) is 2.91. The van der Waals surface area contributed by atoms with Crippen molar-refractivity contribution < 1.29 is 9.59 Å². The highest BCUT2D eigenvalue weighted by Gasteiger charge is 2.67. The van der Waals surface area contributed by atoms with Crippen LogP contribution in [-0.4, -0.2) is 11.8 Å². The molecule has 1 heterocycles. The number of allylic oxidation sites excluding steroid dienone is 2. The smallest absolute Gasteiger partial charge is 0.238 e. The third-order valence-electron chi connectivity index (χ3n) is 6.56. The SMILES string of the molecule is CC(C)[C@@]12C=C[C@](C)(CC1)[C@@H]1C(=O)N(c3ccccc3)C(=O)[C@@H]12. The Labute approximate surface area is 137 Å². The highest BCUT2D eigenvalue weighted by atomic mass is 16.2. The van der Waals surface area contributed by atoms with Gasteiger partial charge in [-0.05, 0) is 36.3 Å². The van der Waals surface area contributed by atoms with Crippen LogP contribution in [0, 0.1) is 28.6 Å². The maximum Gasteiger partial charge on any atom is 0.238 e. The average molecular weight is 309 g/mol. The third-order valence-corrected chi connectivity index (χ3v) is 6.56. The molecule has 5 rings (SSSR count). The Morgan fingerprint density at radius 2 is 1.65 bits per heavy atom. The molecule has 0 spiro atoms. The predicted octanol–water partition coefficient (Wildman–Crippen LogP) is 3.80. The molecule has 0 radical (unpaired) electrons. The number of carbonyl (C=O) groups is 2. The van der Waals surface area contributed by atoms with Gasteiger partial charge in [0, 0.05) is 5.41 Å². The molecule has 3 aliphatic carbocycles. The van der Waals surface area contributed by atoms with E-state index in [-0.39, 0.29) is 34.5 Å². The second kappa shape index (κ2) is 4.56. The van der Waals surface area contributed by atoms with Crippen LogP contribution in [0.25, 0.3) is 0 Å². The Morgan fingerprint density at radius 3 is 2.22 bits per heavy atom. The summed E-state index contributed by atoms with van der Waals surface area (Å²) in [5.74, 6) is -0.0863. The molecule has 4 aliphatic rings. The molecule has 0 N–H and O–H groups in total. The number of carbonyl (C=O) groups excluding carboxylic acids is 2. The van der Waals surface area contributed by atoms with Crippen LogP contribution in [-0.2, 0) is 9.59 Å². The van der Waals surface area contributed by atoms with Gasteiger partial charge in [0.15, 0.2) is 0 Å². The summed E-state index contributed by atoms with van der Waals surface area (Å²) in [5, 5.41) is 0. The van der Waals surface area contributed by atoms with Crippen molar-refractivity contribution in [3.05, 3.63) is 42.5 Å². The fraction of sp³-hybridized carbons (Fsp3) is 0.500. The van der Waals surface area contributed by atoms with Crippen molar-refractivity contribution in [3.63, 3.8) is 0 Å². The van der Waals surface area contributed by atoms with Gasteiger partial charge in [-0.15, -0.1) is 0 Å². The standard InChI is InChI=1S/C20H23NO2/c1-13(2)20-11-9-19(3,10-12-20)15-16(20)18(23)21(17(15)22)14-7-5-4-6-8-14/h4-9,11,13,15-16H,10,12H2,1-3H3/t15-,16+,19+,20+/m0/s1. The summed E-state index contributed by atoms with van der Waals surface area (Å²) in [6.07, 6.45) is 6.46. The molecule has 3 nitrogen and oxygen atoms in total. The van der Waals surface area contributed by atoms with Crippen LogP contribution in [0.5, 0.6) is 0 Å². The lowest BCUT2D eigenvalue weighted by atomic mass is 9.46. The van der Waals surface area contributed by atoms with Gasteiger partial charge >= 0.3 is 0 Å². The maximum atomic E-state index is 13.3. The van der Waals surface area contributed by atoms with E-state index in [1.54, 1.807) is 0 Å². The van der Waals surface area contributed by atoms with Crippen molar-refractivity contribution in [2.75, 3.05) is 4.90 Å². The molecule has 2 amide bonds. The van der Waals surface area contributed by atoms with Crippen molar-refractivity contribution in [3.8, 4) is 0 Å². The van der Waals surface area contributed by atoms with E-state index in [1.807, 2.05) is 30.3 Å². The molecule has 2 bridgehead atoms. The van der Waals surface area contributed by atoms with Crippen molar-refractivity contribution in [1.29, 1.82) is 0 Å². The summed E-state index contributed by atoms with van der Waals surface area (Å²) in [4.78, 5) is 27.9. The van der Waals surface area contributed by atoms with Crippen molar-refractivity contribution in [2.45, 2.75) is 33.6 Å². The van der Waals surface area contributed by atoms with Crippen LogP contribution >= 0.6 is 0 Å². The van der Waals surface area contributed by atoms with E-state index in [1.165, 1.54) is 4.90 Å². The summed E-state index contributed by atoms with van der Waals surface area (Å²) in [7, 11) is 0. The zero-order valence-corrected chi connectivity index (χ0v) is 14.0. The van der Waals surface area contributed by atoms with Gasteiger partial charge in [0.1, 0.15) is 0 Å². The molecule has 3 heteroatoms. The lowest BCUT2D eigenvalue weighted by molar-refractivity contribution is -0.135. The topological polar surface area (TPSA) is 37.4 Å². The molecular weight excluding hydrogens is 286 g/mol. The van der Waals surface area contributed by atoms with Gasteiger partial charge in [0.25, 0.3) is 0 Å². The van der Waals surface area contributed by atoms with Gasteiger partial charge in [-0.3, -0.25) is 14.5 Å². The lowest BCUT2D eigenvalue weighted by Crippen LogP contribution is -2.53. The Balaban J connectivity index is 1.86. The van der Waals surface area contributed by atoms with Crippen molar-refractivity contribution in [2.24, 2.45) is 28.6 Å². The highest BCUT2D eigenvalue weighted by molar-refractivity contribution is 6.23. The molecule has 23 heavy (non-hydrogen) atoms. The number of rotatable bonds is 2. The number of imide groups is 1. The zero-order chi connectivity index (χ0) is 16.4. The van der Waals surface area contributed by atoms with E-state index in [9.17, 15) is 9.59 Å². The number of para-hydroxylation sites is 1. The Bertz CT molecular complexity index is 708. The quantitative estimate of drug-likeness (QED) is 0.615. The van der Waals surface area contributed by atoms with Gasteiger partial charge in [0.05, 0.1) is 17.5 Å². The van der Waals surface area contributed by atoms with Crippen LogP contribution in [0.15, 0.2) is 42.5 Å². The summed E-state index contributed by atoms with van der Waals surface area (Å²) in [6, 6.07) is 9.37. The van der Waals surface area contributed by atoms with E-state index in [0.29, 0.717) is 11.6 Å². The molecule has 0 unspecified atom stereocenters. The second-order valence-electron chi connectivity index (χ2n) is 7.91. The lowest BCUT2D eigenvalue weighted by Gasteiger charge is -2.55. The summed E-state index contributed by atoms with van der Waals surface area (Å²) in [5.41, 5.74) is 0.356. The molecule has 4 atom stereocenters. The van der Waals surface area contributed by atoms with Crippen molar-refractivity contribution in [1.82, 2.24) is 0 Å². The Hall–Kier alpha value is -1.90. The monoisotopic (exact) mass is 309 g/mol. The fourth-order valence-electron chi connectivity index (χ4n) is 5.06. The van der Waals surface area contributed by atoms with Crippen LogP contribution < -0.4 is 4.90 Å². The normalized spacial score (nSPS) is 38.5. The molecule has 2 fully saturated rings. The molecular formula is C20H23NO2. The zero-order valence-electron chi connectivity index (χ0n) is 14.0.